The number of benzene rings is 2. The maximum atomic E-state index is 12.8. The van der Waals surface area contributed by atoms with Gasteiger partial charge in [0.05, 0.1) is 16.5 Å². The first kappa shape index (κ1) is 18.1. The number of halogens is 1. The smallest absolute Gasteiger partial charge is 0.244 e. The molecule has 1 aliphatic rings. The van der Waals surface area contributed by atoms with Crippen LogP contribution in [0.2, 0.25) is 0 Å². The van der Waals surface area contributed by atoms with Crippen LogP contribution in [0.3, 0.4) is 0 Å². The van der Waals surface area contributed by atoms with Crippen molar-refractivity contribution in [2.75, 3.05) is 26.2 Å². The first-order valence-corrected chi connectivity index (χ1v) is 10.2. The first-order valence-electron chi connectivity index (χ1n) is 7.97. The fourth-order valence-corrected chi connectivity index (χ4v) is 5.25. The van der Waals surface area contributed by atoms with Gasteiger partial charge in [0.15, 0.2) is 0 Å². The molecule has 130 valence electrons. The van der Waals surface area contributed by atoms with Gasteiger partial charge in [-0.3, -0.25) is 4.90 Å². The van der Waals surface area contributed by atoms with Gasteiger partial charge in [0.2, 0.25) is 10.0 Å². The fraction of sp³-hybridized carbons (Fsp3) is 0.278. The Labute approximate surface area is 156 Å². The summed E-state index contributed by atoms with van der Waals surface area (Å²) in [5, 5.41) is 8.84. The predicted molar refractivity (Wildman–Crippen MR) is 99.3 cm³/mol. The lowest BCUT2D eigenvalue weighted by Crippen LogP contribution is -2.48. The Balaban J connectivity index is 1.63. The molecule has 1 aliphatic heterocycles. The zero-order valence-electron chi connectivity index (χ0n) is 13.6. The van der Waals surface area contributed by atoms with E-state index in [1.165, 1.54) is 0 Å². The predicted octanol–water partition coefficient (Wildman–Crippen LogP) is 2.83. The van der Waals surface area contributed by atoms with E-state index in [-0.39, 0.29) is 0 Å². The van der Waals surface area contributed by atoms with Crippen molar-refractivity contribution >= 4 is 26.0 Å². The van der Waals surface area contributed by atoms with Crippen LogP contribution in [0.25, 0.3) is 0 Å². The van der Waals surface area contributed by atoms with Crippen LogP contribution in [-0.2, 0) is 16.6 Å². The molecule has 0 amide bonds. The molecule has 0 N–H and O–H groups in total. The molecule has 25 heavy (non-hydrogen) atoms. The minimum atomic E-state index is -3.47. The first-order chi connectivity index (χ1) is 12.0. The van der Waals surface area contributed by atoms with Crippen LogP contribution in [0.1, 0.15) is 11.1 Å². The van der Waals surface area contributed by atoms with Gasteiger partial charge in [-0.15, -0.1) is 0 Å². The molecule has 0 bridgehead atoms. The Morgan fingerprint density at radius 1 is 1.00 bits per heavy atom. The molecule has 0 saturated carbocycles. The SMILES string of the molecule is N#Cc1ccc(CN2CCN(S(=O)(=O)c3ccccc3Br)CC2)cc1. The monoisotopic (exact) mass is 419 g/mol. The van der Waals surface area contributed by atoms with Crippen molar-refractivity contribution in [3.05, 3.63) is 64.1 Å². The van der Waals surface area contributed by atoms with Gasteiger partial charge in [0.1, 0.15) is 0 Å². The number of nitriles is 1. The molecule has 0 atom stereocenters. The Morgan fingerprint density at radius 2 is 1.64 bits per heavy atom. The fourth-order valence-electron chi connectivity index (χ4n) is 2.86. The standard InChI is InChI=1S/C18H18BrN3O2S/c19-17-3-1-2-4-18(17)25(23,24)22-11-9-21(10-12-22)14-16-7-5-15(13-20)6-8-16/h1-8H,9-12,14H2. The maximum Gasteiger partial charge on any atom is 0.244 e. The van der Waals surface area contributed by atoms with Crippen LogP contribution >= 0.6 is 15.9 Å². The largest absolute Gasteiger partial charge is 0.296 e. The van der Waals surface area contributed by atoms with Crippen LogP contribution in [0.4, 0.5) is 0 Å². The molecule has 1 saturated heterocycles. The number of hydrogen-bond acceptors (Lipinski definition) is 4. The summed E-state index contributed by atoms with van der Waals surface area (Å²) in [6, 6.07) is 16.5. The van der Waals surface area contributed by atoms with E-state index in [0.717, 1.165) is 12.1 Å². The molecule has 2 aromatic rings. The zero-order chi connectivity index (χ0) is 17.9. The highest BCUT2D eigenvalue weighted by molar-refractivity contribution is 9.10. The van der Waals surface area contributed by atoms with Crippen LogP contribution < -0.4 is 0 Å². The van der Waals surface area contributed by atoms with E-state index in [0.29, 0.717) is 41.1 Å². The molecular weight excluding hydrogens is 402 g/mol. The summed E-state index contributed by atoms with van der Waals surface area (Å²) in [5.74, 6) is 0. The minimum Gasteiger partial charge on any atom is -0.296 e. The lowest BCUT2D eigenvalue weighted by atomic mass is 10.1. The van der Waals surface area contributed by atoms with E-state index >= 15 is 0 Å². The highest BCUT2D eigenvalue weighted by atomic mass is 79.9. The van der Waals surface area contributed by atoms with Crippen LogP contribution in [0.15, 0.2) is 57.9 Å². The third kappa shape index (κ3) is 4.10. The van der Waals surface area contributed by atoms with Gasteiger partial charge in [-0.2, -0.15) is 9.57 Å². The quantitative estimate of drug-likeness (QED) is 0.763. The van der Waals surface area contributed by atoms with Crippen LogP contribution in [0, 0.1) is 11.3 Å². The number of hydrogen-bond donors (Lipinski definition) is 0. The van der Waals surface area contributed by atoms with E-state index in [1.54, 1.807) is 28.6 Å². The van der Waals surface area contributed by atoms with Crippen molar-refractivity contribution in [3.8, 4) is 6.07 Å². The van der Waals surface area contributed by atoms with Crippen molar-refractivity contribution < 1.29 is 8.42 Å². The highest BCUT2D eigenvalue weighted by Gasteiger charge is 2.29. The minimum absolute atomic E-state index is 0.315. The highest BCUT2D eigenvalue weighted by Crippen LogP contribution is 2.25. The number of sulfonamides is 1. The second-order valence-corrected chi connectivity index (χ2v) is 8.68. The Bertz CT molecular complexity index is 883. The molecule has 1 heterocycles. The third-order valence-electron chi connectivity index (χ3n) is 4.27. The second-order valence-electron chi connectivity index (χ2n) is 5.92. The summed E-state index contributed by atoms with van der Waals surface area (Å²) in [4.78, 5) is 2.54. The molecule has 7 heteroatoms. The molecule has 0 unspecified atom stereocenters. The molecule has 3 rings (SSSR count). The van der Waals surface area contributed by atoms with Gasteiger partial charge in [0, 0.05) is 37.2 Å². The van der Waals surface area contributed by atoms with Crippen molar-refractivity contribution in [2.24, 2.45) is 0 Å². The molecule has 2 aromatic carbocycles. The maximum absolute atomic E-state index is 12.8. The van der Waals surface area contributed by atoms with Crippen LogP contribution in [0.5, 0.6) is 0 Å². The summed E-state index contributed by atoms with van der Waals surface area (Å²) in [5.41, 5.74) is 1.77. The average Bonchev–Trinajstić information content (AvgIpc) is 2.63. The van der Waals surface area contributed by atoms with Crippen molar-refractivity contribution in [2.45, 2.75) is 11.4 Å². The van der Waals surface area contributed by atoms with E-state index in [4.69, 9.17) is 5.26 Å². The summed E-state index contributed by atoms with van der Waals surface area (Å²) in [6.07, 6.45) is 0. The van der Waals surface area contributed by atoms with Gasteiger partial charge in [0.25, 0.3) is 0 Å². The van der Waals surface area contributed by atoms with Gasteiger partial charge in [-0.25, -0.2) is 8.42 Å². The normalized spacial score (nSPS) is 16.5. The number of piperazine rings is 1. The summed E-state index contributed by atoms with van der Waals surface area (Å²) in [6.45, 7) is 3.07. The molecule has 1 fully saturated rings. The number of rotatable bonds is 4. The van der Waals surface area contributed by atoms with Crippen molar-refractivity contribution in [1.29, 1.82) is 5.26 Å². The van der Waals surface area contributed by atoms with E-state index in [2.05, 4.69) is 26.9 Å². The van der Waals surface area contributed by atoms with Crippen molar-refractivity contribution in [3.63, 3.8) is 0 Å². The lowest BCUT2D eigenvalue weighted by molar-refractivity contribution is 0.181. The Hall–Kier alpha value is -1.72. The second kappa shape index (κ2) is 7.67. The number of nitrogens with zero attached hydrogens (tertiary/aromatic N) is 3. The molecule has 0 spiro atoms. The van der Waals surface area contributed by atoms with Gasteiger partial charge < -0.3 is 0 Å². The summed E-state index contributed by atoms with van der Waals surface area (Å²) >= 11 is 3.33. The molecule has 5 nitrogen and oxygen atoms in total. The lowest BCUT2D eigenvalue weighted by Gasteiger charge is -2.34. The summed E-state index contributed by atoms with van der Waals surface area (Å²) in [7, 11) is -3.47. The third-order valence-corrected chi connectivity index (χ3v) is 7.19. The molecular formula is C18H18BrN3O2S. The Kier molecular flexibility index (Phi) is 5.54. The topological polar surface area (TPSA) is 64.4 Å². The van der Waals surface area contributed by atoms with E-state index in [9.17, 15) is 8.42 Å². The van der Waals surface area contributed by atoms with Crippen molar-refractivity contribution in [1.82, 2.24) is 9.21 Å². The van der Waals surface area contributed by atoms with Crippen LogP contribution in [-0.4, -0.2) is 43.8 Å². The summed E-state index contributed by atoms with van der Waals surface area (Å²) < 4.78 is 27.7. The molecule has 0 aliphatic carbocycles. The van der Waals surface area contributed by atoms with Gasteiger partial charge in [-0.05, 0) is 45.8 Å². The van der Waals surface area contributed by atoms with E-state index < -0.39 is 10.0 Å². The van der Waals surface area contributed by atoms with Gasteiger partial charge >= 0.3 is 0 Å². The Morgan fingerprint density at radius 3 is 2.24 bits per heavy atom. The van der Waals surface area contributed by atoms with Gasteiger partial charge in [-0.1, -0.05) is 24.3 Å². The van der Waals surface area contributed by atoms with E-state index in [1.807, 2.05) is 24.3 Å². The molecule has 0 radical (unpaired) electrons. The zero-order valence-corrected chi connectivity index (χ0v) is 16.0. The average molecular weight is 420 g/mol. The molecule has 0 aromatic heterocycles.